The molecule has 1 aromatic heterocycles. The summed E-state index contributed by atoms with van der Waals surface area (Å²) < 4.78 is 19.8. The van der Waals surface area contributed by atoms with Gasteiger partial charge in [-0.2, -0.15) is 5.26 Å². The zero-order valence-electron chi connectivity index (χ0n) is 12.6. The third-order valence-electron chi connectivity index (χ3n) is 3.55. The van der Waals surface area contributed by atoms with Crippen LogP contribution in [0.1, 0.15) is 5.56 Å². The van der Waals surface area contributed by atoms with E-state index in [2.05, 4.69) is 32.3 Å². The van der Waals surface area contributed by atoms with Crippen LogP contribution >= 0.6 is 15.9 Å². The summed E-state index contributed by atoms with van der Waals surface area (Å²) in [5, 5.41) is 12.9. The Hall–Kier alpha value is -2.85. The maximum absolute atomic E-state index is 14.3. The van der Waals surface area contributed by atoms with Crippen LogP contribution in [-0.4, -0.2) is 12.1 Å². The van der Waals surface area contributed by atoms with Crippen molar-refractivity contribution < 1.29 is 9.13 Å². The van der Waals surface area contributed by atoms with Crippen molar-refractivity contribution in [1.29, 1.82) is 5.26 Å². The lowest BCUT2D eigenvalue weighted by Crippen LogP contribution is -2.00. The van der Waals surface area contributed by atoms with Crippen LogP contribution in [0.25, 0.3) is 10.9 Å². The summed E-state index contributed by atoms with van der Waals surface area (Å²) in [6, 6.07) is 10.3. The molecule has 0 saturated heterocycles. The molecule has 0 amide bonds. The van der Waals surface area contributed by atoms with E-state index in [1.807, 2.05) is 0 Å². The molecule has 0 aliphatic rings. The first-order chi connectivity index (χ1) is 11.5. The second kappa shape index (κ2) is 6.34. The van der Waals surface area contributed by atoms with Gasteiger partial charge in [0.1, 0.15) is 11.8 Å². The SMILES string of the molecule is COc1cc2ncc(C#N)c(Nc3cccc(Br)c3F)c2cc1N. The number of nitrogens with zero attached hydrogens (tertiary/aromatic N) is 2. The van der Waals surface area contributed by atoms with Gasteiger partial charge in [-0.05, 0) is 34.1 Å². The molecule has 0 radical (unpaired) electrons. The van der Waals surface area contributed by atoms with Crippen molar-refractivity contribution in [2.75, 3.05) is 18.2 Å². The van der Waals surface area contributed by atoms with Crippen LogP contribution in [0.2, 0.25) is 0 Å². The largest absolute Gasteiger partial charge is 0.495 e. The van der Waals surface area contributed by atoms with Crippen LogP contribution in [0.3, 0.4) is 0 Å². The smallest absolute Gasteiger partial charge is 0.160 e. The number of nitriles is 1. The number of halogens is 2. The lowest BCUT2D eigenvalue weighted by molar-refractivity contribution is 0.417. The highest BCUT2D eigenvalue weighted by Gasteiger charge is 2.14. The number of rotatable bonds is 3. The molecule has 0 spiro atoms. The molecule has 0 unspecified atom stereocenters. The van der Waals surface area contributed by atoms with Crippen molar-refractivity contribution in [3.8, 4) is 11.8 Å². The van der Waals surface area contributed by atoms with Crippen molar-refractivity contribution in [2.45, 2.75) is 0 Å². The Balaban J connectivity index is 2.23. The molecule has 0 aliphatic heterocycles. The molecule has 3 aromatic rings. The molecule has 1 heterocycles. The Morgan fingerprint density at radius 2 is 2.17 bits per heavy atom. The lowest BCUT2D eigenvalue weighted by Gasteiger charge is -2.14. The van der Waals surface area contributed by atoms with Crippen LogP contribution in [0.5, 0.6) is 5.75 Å². The van der Waals surface area contributed by atoms with E-state index in [4.69, 9.17) is 10.5 Å². The van der Waals surface area contributed by atoms with Crippen molar-refractivity contribution in [1.82, 2.24) is 4.98 Å². The van der Waals surface area contributed by atoms with Gasteiger partial charge >= 0.3 is 0 Å². The highest BCUT2D eigenvalue weighted by molar-refractivity contribution is 9.10. The summed E-state index contributed by atoms with van der Waals surface area (Å²) >= 11 is 3.15. The maximum Gasteiger partial charge on any atom is 0.160 e. The molecule has 2 aromatic carbocycles. The second-order valence-electron chi connectivity index (χ2n) is 5.00. The van der Waals surface area contributed by atoms with Gasteiger partial charge in [0.25, 0.3) is 0 Å². The summed E-state index contributed by atoms with van der Waals surface area (Å²) in [6.07, 6.45) is 1.43. The highest BCUT2D eigenvalue weighted by Crippen LogP contribution is 2.35. The van der Waals surface area contributed by atoms with Gasteiger partial charge in [0, 0.05) is 17.6 Å². The molecule has 3 rings (SSSR count). The maximum atomic E-state index is 14.3. The number of aromatic nitrogens is 1. The summed E-state index contributed by atoms with van der Waals surface area (Å²) in [6.45, 7) is 0. The molecule has 0 fully saturated rings. The van der Waals surface area contributed by atoms with Gasteiger partial charge in [-0.3, -0.25) is 4.98 Å². The number of fused-ring (bicyclic) bond motifs is 1. The van der Waals surface area contributed by atoms with E-state index >= 15 is 0 Å². The van der Waals surface area contributed by atoms with E-state index in [0.717, 1.165) is 0 Å². The topological polar surface area (TPSA) is 84.0 Å². The number of benzene rings is 2. The van der Waals surface area contributed by atoms with Crippen LogP contribution in [-0.2, 0) is 0 Å². The Bertz CT molecular complexity index is 984. The summed E-state index contributed by atoms with van der Waals surface area (Å²) in [7, 11) is 1.51. The average Bonchev–Trinajstić information content (AvgIpc) is 2.58. The zero-order valence-corrected chi connectivity index (χ0v) is 14.2. The Kier molecular flexibility index (Phi) is 4.23. The molecule has 7 heteroatoms. The molecule has 0 bridgehead atoms. The van der Waals surface area contributed by atoms with Gasteiger partial charge in [0.2, 0.25) is 0 Å². The number of nitrogens with two attached hydrogens (primary N) is 1. The predicted molar refractivity (Wildman–Crippen MR) is 94.8 cm³/mol. The Morgan fingerprint density at radius 1 is 1.38 bits per heavy atom. The Labute approximate surface area is 146 Å². The normalized spacial score (nSPS) is 10.4. The second-order valence-corrected chi connectivity index (χ2v) is 5.85. The van der Waals surface area contributed by atoms with E-state index in [0.29, 0.717) is 32.5 Å². The molecule has 120 valence electrons. The predicted octanol–water partition coefficient (Wildman–Crippen LogP) is 4.34. The van der Waals surface area contributed by atoms with Crippen LogP contribution in [0.4, 0.5) is 21.5 Å². The number of ether oxygens (including phenoxy) is 1. The molecule has 0 atom stereocenters. The van der Waals surface area contributed by atoms with Crippen molar-refractivity contribution in [2.24, 2.45) is 0 Å². The number of nitrogen functional groups attached to an aromatic ring is 1. The van der Waals surface area contributed by atoms with Crippen LogP contribution < -0.4 is 15.8 Å². The molecule has 0 aliphatic carbocycles. The van der Waals surface area contributed by atoms with Gasteiger partial charge < -0.3 is 15.8 Å². The number of hydrogen-bond donors (Lipinski definition) is 2. The fourth-order valence-corrected chi connectivity index (χ4v) is 2.73. The summed E-state index contributed by atoms with van der Waals surface area (Å²) in [5.41, 5.74) is 7.91. The first kappa shape index (κ1) is 16.0. The van der Waals surface area contributed by atoms with Gasteiger partial charge in [-0.1, -0.05) is 6.07 Å². The fraction of sp³-hybridized carbons (Fsp3) is 0.0588. The van der Waals surface area contributed by atoms with Crippen molar-refractivity contribution in [3.05, 3.63) is 52.4 Å². The van der Waals surface area contributed by atoms with E-state index < -0.39 is 5.82 Å². The fourth-order valence-electron chi connectivity index (χ4n) is 2.37. The lowest BCUT2D eigenvalue weighted by atomic mass is 10.1. The van der Waals surface area contributed by atoms with Crippen LogP contribution in [0.15, 0.2) is 41.0 Å². The van der Waals surface area contributed by atoms with E-state index in [9.17, 15) is 9.65 Å². The first-order valence-electron chi connectivity index (χ1n) is 6.92. The number of pyridine rings is 1. The van der Waals surface area contributed by atoms with E-state index in [1.165, 1.54) is 13.3 Å². The summed E-state index contributed by atoms with van der Waals surface area (Å²) in [4.78, 5) is 4.24. The molecular weight excluding hydrogens is 375 g/mol. The highest BCUT2D eigenvalue weighted by atomic mass is 79.9. The number of anilines is 3. The van der Waals surface area contributed by atoms with Crippen molar-refractivity contribution in [3.63, 3.8) is 0 Å². The minimum atomic E-state index is -0.451. The number of hydrogen-bond acceptors (Lipinski definition) is 5. The number of nitrogens with one attached hydrogen (secondary N) is 1. The quantitative estimate of drug-likeness (QED) is 0.653. The third kappa shape index (κ3) is 2.72. The average molecular weight is 387 g/mol. The molecule has 24 heavy (non-hydrogen) atoms. The van der Waals surface area contributed by atoms with E-state index in [1.54, 1.807) is 30.3 Å². The van der Waals surface area contributed by atoms with Crippen molar-refractivity contribution >= 4 is 43.9 Å². The van der Waals surface area contributed by atoms with Gasteiger partial charge in [0.15, 0.2) is 5.82 Å². The van der Waals surface area contributed by atoms with Gasteiger partial charge in [-0.25, -0.2) is 4.39 Å². The molecule has 0 saturated carbocycles. The Morgan fingerprint density at radius 3 is 2.88 bits per heavy atom. The first-order valence-corrected chi connectivity index (χ1v) is 7.71. The minimum absolute atomic E-state index is 0.239. The van der Waals surface area contributed by atoms with Crippen LogP contribution in [0, 0.1) is 17.1 Å². The standard InChI is InChI=1S/C17H12BrFN4O/c1-24-15-6-14-10(5-12(15)21)17(9(7-20)8-22-14)23-13-4-2-3-11(18)16(13)19/h2-6,8H,21H2,1H3,(H,22,23). The minimum Gasteiger partial charge on any atom is -0.495 e. The van der Waals surface area contributed by atoms with E-state index in [-0.39, 0.29) is 11.3 Å². The third-order valence-corrected chi connectivity index (χ3v) is 4.16. The zero-order chi connectivity index (χ0) is 17.3. The summed E-state index contributed by atoms with van der Waals surface area (Å²) in [5.74, 6) is 0.0344. The monoisotopic (exact) mass is 386 g/mol. The number of methoxy groups -OCH3 is 1. The molecular formula is C17H12BrFN4O. The molecule has 3 N–H and O–H groups in total. The van der Waals surface area contributed by atoms with Gasteiger partial charge in [0.05, 0.1) is 39.7 Å². The molecule has 5 nitrogen and oxygen atoms in total. The van der Waals surface area contributed by atoms with Gasteiger partial charge in [-0.15, -0.1) is 0 Å².